The third-order valence-corrected chi connectivity index (χ3v) is 5.38. The number of rotatable bonds is 5. The largest absolute Gasteiger partial charge is 0.378 e. The lowest BCUT2D eigenvalue weighted by Crippen LogP contribution is -2.37. The van der Waals surface area contributed by atoms with E-state index in [0.29, 0.717) is 0 Å². The highest BCUT2D eigenvalue weighted by atomic mass is 32.2. The van der Waals surface area contributed by atoms with Crippen LogP contribution in [0, 0.1) is 6.92 Å². The molecule has 136 valence electrons. The Morgan fingerprint density at radius 3 is 2.58 bits per heavy atom. The molecule has 0 N–H and O–H groups in total. The quantitative estimate of drug-likeness (QED) is 0.643. The van der Waals surface area contributed by atoms with Crippen LogP contribution in [-0.4, -0.2) is 50.6 Å². The lowest BCUT2D eigenvalue weighted by molar-refractivity contribution is 0.122. The average molecular weight is 370 g/mol. The molecule has 3 aromatic rings. The number of nitrogens with zero attached hydrogens (tertiary/aromatic N) is 6. The zero-order valence-corrected chi connectivity index (χ0v) is 15.8. The van der Waals surface area contributed by atoms with Crippen molar-refractivity contribution in [1.29, 1.82) is 0 Å². The van der Waals surface area contributed by atoms with Crippen LogP contribution in [0.5, 0.6) is 0 Å². The molecule has 26 heavy (non-hydrogen) atoms. The van der Waals surface area contributed by atoms with Crippen LogP contribution < -0.4 is 4.90 Å². The highest BCUT2D eigenvalue weighted by Gasteiger charge is 2.22. The Hall–Kier alpha value is -2.32. The Balaban J connectivity index is 1.67. The minimum Gasteiger partial charge on any atom is -0.378 e. The van der Waals surface area contributed by atoms with Gasteiger partial charge in [-0.3, -0.25) is 4.57 Å². The first-order valence-electron chi connectivity index (χ1n) is 8.66. The molecule has 1 aliphatic heterocycles. The molecule has 0 atom stereocenters. The molecule has 0 aliphatic carbocycles. The van der Waals surface area contributed by atoms with E-state index in [2.05, 4.69) is 55.8 Å². The number of anilines is 1. The number of benzene rings is 1. The van der Waals surface area contributed by atoms with E-state index in [4.69, 9.17) is 4.74 Å². The summed E-state index contributed by atoms with van der Waals surface area (Å²) >= 11 is 1.65. The van der Waals surface area contributed by atoms with Crippen molar-refractivity contribution in [2.24, 2.45) is 7.05 Å². The monoisotopic (exact) mass is 370 g/mol. The average Bonchev–Trinajstić information content (AvgIpc) is 3.27. The SMILES string of the molecule is Cc1ccc(-n2c(SCc3nccn3C)nnc2N2CCOCC2)cc1. The standard InChI is InChI=1S/C18H22N6OS/c1-14-3-5-15(6-4-14)24-17(23-9-11-25-12-10-23)20-21-18(24)26-13-16-19-7-8-22(16)2/h3-8H,9-13H2,1-2H3. The van der Waals surface area contributed by atoms with Crippen LogP contribution in [0.3, 0.4) is 0 Å². The van der Waals surface area contributed by atoms with E-state index in [1.54, 1.807) is 11.8 Å². The third-order valence-electron chi connectivity index (χ3n) is 4.45. The summed E-state index contributed by atoms with van der Waals surface area (Å²) < 4.78 is 9.65. The maximum atomic E-state index is 5.48. The molecule has 8 heteroatoms. The predicted octanol–water partition coefficient (Wildman–Crippen LogP) is 2.44. The predicted molar refractivity (Wildman–Crippen MR) is 102 cm³/mol. The summed E-state index contributed by atoms with van der Waals surface area (Å²) in [5, 5.41) is 9.85. The summed E-state index contributed by atoms with van der Waals surface area (Å²) in [6.07, 6.45) is 3.78. The van der Waals surface area contributed by atoms with Crippen LogP contribution in [0.4, 0.5) is 5.95 Å². The van der Waals surface area contributed by atoms with Gasteiger partial charge in [-0.05, 0) is 19.1 Å². The molecule has 0 spiro atoms. The Morgan fingerprint density at radius 1 is 1.12 bits per heavy atom. The van der Waals surface area contributed by atoms with Crippen molar-refractivity contribution >= 4 is 17.7 Å². The number of hydrogen-bond donors (Lipinski definition) is 0. The molecule has 1 aromatic carbocycles. The van der Waals surface area contributed by atoms with Crippen molar-refractivity contribution in [3.05, 3.63) is 48.0 Å². The van der Waals surface area contributed by atoms with E-state index in [1.165, 1.54) is 5.56 Å². The molecule has 1 fully saturated rings. The van der Waals surface area contributed by atoms with E-state index >= 15 is 0 Å². The van der Waals surface area contributed by atoms with Crippen LogP contribution in [-0.2, 0) is 17.5 Å². The van der Waals surface area contributed by atoms with Crippen molar-refractivity contribution in [2.45, 2.75) is 17.8 Å². The number of hydrogen-bond acceptors (Lipinski definition) is 6. The number of aromatic nitrogens is 5. The van der Waals surface area contributed by atoms with Gasteiger partial charge >= 0.3 is 0 Å². The second kappa shape index (κ2) is 7.51. The minimum absolute atomic E-state index is 0.719. The van der Waals surface area contributed by atoms with Gasteiger partial charge < -0.3 is 14.2 Å². The van der Waals surface area contributed by atoms with Crippen molar-refractivity contribution in [1.82, 2.24) is 24.3 Å². The maximum absolute atomic E-state index is 5.48. The van der Waals surface area contributed by atoms with Gasteiger partial charge in [-0.2, -0.15) is 0 Å². The number of thioether (sulfide) groups is 1. The fraction of sp³-hybridized carbons (Fsp3) is 0.389. The third kappa shape index (κ3) is 3.47. The summed E-state index contributed by atoms with van der Waals surface area (Å²) in [5.41, 5.74) is 2.31. The van der Waals surface area contributed by atoms with E-state index in [1.807, 2.05) is 24.0 Å². The lowest BCUT2D eigenvalue weighted by atomic mass is 10.2. The van der Waals surface area contributed by atoms with Crippen LogP contribution >= 0.6 is 11.8 Å². The smallest absolute Gasteiger partial charge is 0.232 e. The first kappa shape index (κ1) is 17.1. The fourth-order valence-corrected chi connectivity index (χ4v) is 3.86. The molecule has 1 aliphatic rings. The minimum atomic E-state index is 0.719. The van der Waals surface area contributed by atoms with Crippen molar-refractivity contribution in [3.8, 4) is 5.69 Å². The molecule has 0 radical (unpaired) electrons. The van der Waals surface area contributed by atoms with Gasteiger partial charge in [0.1, 0.15) is 5.82 Å². The second-order valence-corrected chi connectivity index (χ2v) is 7.24. The van der Waals surface area contributed by atoms with E-state index < -0.39 is 0 Å². The van der Waals surface area contributed by atoms with Gasteiger partial charge in [-0.1, -0.05) is 29.5 Å². The Morgan fingerprint density at radius 2 is 1.88 bits per heavy atom. The molecule has 0 unspecified atom stereocenters. The lowest BCUT2D eigenvalue weighted by Gasteiger charge is -2.28. The Kier molecular flexibility index (Phi) is 4.94. The van der Waals surface area contributed by atoms with Gasteiger partial charge in [-0.25, -0.2) is 4.98 Å². The molecule has 0 amide bonds. The molecular weight excluding hydrogens is 348 g/mol. The summed E-state index contributed by atoms with van der Waals surface area (Å²) in [4.78, 5) is 6.64. The van der Waals surface area contributed by atoms with Gasteiger partial charge in [-0.15, -0.1) is 10.2 Å². The Bertz CT molecular complexity index is 866. The first-order chi connectivity index (χ1) is 12.7. The van der Waals surface area contributed by atoms with Gasteiger partial charge in [0.05, 0.1) is 24.7 Å². The molecule has 2 aromatic heterocycles. The van der Waals surface area contributed by atoms with Crippen molar-refractivity contribution < 1.29 is 4.74 Å². The Labute approximate surface area is 157 Å². The van der Waals surface area contributed by atoms with Crippen LogP contribution in [0.1, 0.15) is 11.4 Å². The first-order valence-corrected chi connectivity index (χ1v) is 9.65. The summed E-state index contributed by atoms with van der Waals surface area (Å²) in [6, 6.07) is 8.47. The summed E-state index contributed by atoms with van der Waals surface area (Å²) in [6.45, 7) is 5.19. The topological polar surface area (TPSA) is 61.0 Å². The number of ether oxygens (including phenoxy) is 1. The van der Waals surface area contributed by atoms with Gasteiger partial charge in [0.2, 0.25) is 5.95 Å². The van der Waals surface area contributed by atoms with E-state index in [0.717, 1.165) is 54.7 Å². The van der Waals surface area contributed by atoms with Crippen molar-refractivity contribution in [2.75, 3.05) is 31.2 Å². The maximum Gasteiger partial charge on any atom is 0.232 e. The molecule has 4 rings (SSSR count). The molecule has 1 saturated heterocycles. The zero-order valence-electron chi connectivity index (χ0n) is 15.0. The molecular formula is C18H22N6OS. The second-order valence-electron chi connectivity index (χ2n) is 6.30. The number of imidazole rings is 1. The molecule has 3 heterocycles. The van der Waals surface area contributed by atoms with E-state index in [-0.39, 0.29) is 0 Å². The molecule has 7 nitrogen and oxygen atoms in total. The summed E-state index contributed by atoms with van der Waals surface area (Å²) in [5.74, 6) is 2.64. The summed E-state index contributed by atoms with van der Waals surface area (Å²) in [7, 11) is 2.01. The number of morpholine rings is 1. The van der Waals surface area contributed by atoms with Gasteiger partial charge in [0.25, 0.3) is 0 Å². The normalized spacial score (nSPS) is 14.8. The fourth-order valence-electron chi connectivity index (χ4n) is 2.91. The molecule has 0 bridgehead atoms. The van der Waals surface area contributed by atoms with E-state index in [9.17, 15) is 0 Å². The number of aryl methyl sites for hydroxylation is 2. The van der Waals surface area contributed by atoms with Gasteiger partial charge in [0, 0.05) is 32.5 Å². The molecule has 0 saturated carbocycles. The van der Waals surface area contributed by atoms with Crippen molar-refractivity contribution in [3.63, 3.8) is 0 Å². The van der Waals surface area contributed by atoms with Crippen LogP contribution in [0.25, 0.3) is 5.69 Å². The van der Waals surface area contributed by atoms with Gasteiger partial charge in [0.15, 0.2) is 5.16 Å². The van der Waals surface area contributed by atoms with Crippen LogP contribution in [0.2, 0.25) is 0 Å². The van der Waals surface area contributed by atoms with Crippen LogP contribution in [0.15, 0.2) is 41.8 Å². The highest BCUT2D eigenvalue weighted by Crippen LogP contribution is 2.29. The zero-order chi connectivity index (χ0) is 17.9. The highest BCUT2D eigenvalue weighted by molar-refractivity contribution is 7.98.